The Balaban J connectivity index is 1.94. The molecular weight excluding hydrogens is 194 g/mol. The molecule has 1 atom stereocenters. The van der Waals surface area contributed by atoms with Gasteiger partial charge in [-0.05, 0) is 31.8 Å². The highest BCUT2D eigenvalue weighted by molar-refractivity contribution is 5.89. The van der Waals surface area contributed by atoms with Crippen molar-refractivity contribution in [1.29, 1.82) is 0 Å². The van der Waals surface area contributed by atoms with Crippen LogP contribution in [0.3, 0.4) is 0 Å². The Morgan fingerprint density at radius 2 is 2.53 bits per heavy atom. The SMILES string of the molecule is CC(=O)c1nc(CC2CCCNC2)no1. The third kappa shape index (κ3) is 2.62. The summed E-state index contributed by atoms with van der Waals surface area (Å²) < 4.78 is 4.84. The van der Waals surface area contributed by atoms with Gasteiger partial charge in [0.2, 0.25) is 5.78 Å². The first-order valence-electron chi connectivity index (χ1n) is 5.30. The Labute approximate surface area is 88.2 Å². The molecule has 1 aromatic rings. The van der Waals surface area contributed by atoms with Crippen molar-refractivity contribution in [2.45, 2.75) is 26.2 Å². The summed E-state index contributed by atoms with van der Waals surface area (Å²) >= 11 is 0. The summed E-state index contributed by atoms with van der Waals surface area (Å²) in [6.45, 7) is 3.53. The van der Waals surface area contributed by atoms with E-state index in [1.807, 2.05) is 0 Å². The van der Waals surface area contributed by atoms with Crippen LogP contribution in [-0.2, 0) is 6.42 Å². The van der Waals surface area contributed by atoms with Gasteiger partial charge in [-0.15, -0.1) is 0 Å². The third-order valence-corrected chi connectivity index (χ3v) is 2.64. The Kier molecular flexibility index (Phi) is 3.11. The van der Waals surface area contributed by atoms with Crippen LogP contribution in [0.25, 0.3) is 0 Å². The van der Waals surface area contributed by atoms with Crippen LogP contribution in [0.4, 0.5) is 0 Å². The molecule has 0 bridgehead atoms. The highest BCUT2D eigenvalue weighted by atomic mass is 16.5. The van der Waals surface area contributed by atoms with Gasteiger partial charge in [-0.2, -0.15) is 4.98 Å². The van der Waals surface area contributed by atoms with E-state index in [2.05, 4.69) is 15.5 Å². The molecular formula is C10H15N3O2. The zero-order chi connectivity index (χ0) is 10.7. The second kappa shape index (κ2) is 4.53. The number of carbonyl (C=O) groups excluding carboxylic acids is 1. The van der Waals surface area contributed by atoms with E-state index in [0.29, 0.717) is 11.7 Å². The molecule has 1 saturated heterocycles. The van der Waals surface area contributed by atoms with Gasteiger partial charge in [0.05, 0.1) is 0 Å². The average molecular weight is 209 g/mol. The summed E-state index contributed by atoms with van der Waals surface area (Å²) in [6.07, 6.45) is 3.18. The van der Waals surface area contributed by atoms with Crippen molar-refractivity contribution in [3.05, 3.63) is 11.7 Å². The lowest BCUT2D eigenvalue weighted by molar-refractivity contribution is 0.0972. The van der Waals surface area contributed by atoms with Crippen LogP contribution >= 0.6 is 0 Å². The Morgan fingerprint density at radius 1 is 1.67 bits per heavy atom. The summed E-state index contributed by atoms with van der Waals surface area (Å²) in [7, 11) is 0. The number of nitrogens with one attached hydrogen (secondary N) is 1. The van der Waals surface area contributed by atoms with Gasteiger partial charge in [0.15, 0.2) is 5.82 Å². The molecule has 2 heterocycles. The van der Waals surface area contributed by atoms with Crippen molar-refractivity contribution in [3.63, 3.8) is 0 Å². The fourth-order valence-electron chi connectivity index (χ4n) is 1.84. The molecule has 5 heteroatoms. The summed E-state index contributed by atoms with van der Waals surface area (Å²) in [5.41, 5.74) is 0. The van der Waals surface area contributed by atoms with Gasteiger partial charge < -0.3 is 9.84 Å². The van der Waals surface area contributed by atoms with Crippen LogP contribution < -0.4 is 5.32 Å². The lowest BCUT2D eigenvalue weighted by Gasteiger charge is -2.20. The summed E-state index contributed by atoms with van der Waals surface area (Å²) in [5, 5.41) is 7.13. The predicted molar refractivity (Wildman–Crippen MR) is 53.6 cm³/mol. The number of ketones is 1. The Hall–Kier alpha value is -1.23. The largest absolute Gasteiger partial charge is 0.331 e. The van der Waals surface area contributed by atoms with Crippen LogP contribution in [0, 0.1) is 5.92 Å². The van der Waals surface area contributed by atoms with E-state index >= 15 is 0 Å². The first kappa shape index (κ1) is 10.3. The molecule has 1 aliphatic rings. The number of hydrogen-bond donors (Lipinski definition) is 1. The molecule has 0 aromatic carbocycles. The van der Waals surface area contributed by atoms with Gasteiger partial charge in [0.1, 0.15) is 0 Å². The molecule has 1 fully saturated rings. The lowest BCUT2D eigenvalue weighted by atomic mass is 9.96. The smallest absolute Gasteiger partial charge is 0.293 e. The topological polar surface area (TPSA) is 68.0 Å². The van der Waals surface area contributed by atoms with Gasteiger partial charge in [-0.3, -0.25) is 4.79 Å². The molecule has 1 unspecified atom stereocenters. The quantitative estimate of drug-likeness (QED) is 0.746. The van der Waals surface area contributed by atoms with Gasteiger partial charge in [-0.25, -0.2) is 0 Å². The van der Waals surface area contributed by atoms with Crippen LogP contribution in [0.5, 0.6) is 0 Å². The van der Waals surface area contributed by atoms with E-state index in [1.54, 1.807) is 0 Å². The highest BCUT2D eigenvalue weighted by Gasteiger charge is 2.17. The predicted octanol–water partition coefficient (Wildman–Crippen LogP) is 0.814. The maximum atomic E-state index is 10.9. The van der Waals surface area contributed by atoms with Crippen molar-refractivity contribution >= 4 is 5.78 Å². The number of rotatable bonds is 3. The lowest BCUT2D eigenvalue weighted by Crippen LogP contribution is -2.31. The molecule has 0 amide bonds. The van der Waals surface area contributed by atoms with Crippen molar-refractivity contribution in [1.82, 2.24) is 15.5 Å². The molecule has 2 rings (SSSR count). The normalized spacial score (nSPS) is 21.5. The molecule has 1 aromatic heterocycles. The number of aromatic nitrogens is 2. The van der Waals surface area contributed by atoms with E-state index in [1.165, 1.54) is 19.8 Å². The molecule has 1 N–H and O–H groups in total. The van der Waals surface area contributed by atoms with Crippen molar-refractivity contribution < 1.29 is 9.32 Å². The molecule has 0 radical (unpaired) electrons. The molecule has 1 aliphatic heterocycles. The number of carbonyl (C=O) groups is 1. The Morgan fingerprint density at radius 3 is 3.13 bits per heavy atom. The molecule has 82 valence electrons. The number of Topliss-reactive ketones (excluding diaryl/α,β-unsaturated/α-hetero) is 1. The van der Waals surface area contributed by atoms with Gasteiger partial charge in [-0.1, -0.05) is 5.16 Å². The summed E-state index contributed by atoms with van der Waals surface area (Å²) in [4.78, 5) is 15.0. The van der Waals surface area contributed by atoms with Crippen molar-refractivity contribution in [3.8, 4) is 0 Å². The number of nitrogens with zero attached hydrogens (tertiary/aromatic N) is 2. The van der Waals surface area contributed by atoms with Crippen LogP contribution in [-0.4, -0.2) is 29.0 Å². The Bertz CT molecular complexity index is 342. The van der Waals surface area contributed by atoms with Crippen molar-refractivity contribution in [2.24, 2.45) is 5.92 Å². The van der Waals surface area contributed by atoms with E-state index in [4.69, 9.17) is 4.52 Å². The second-order valence-electron chi connectivity index (χ2n) is 3.99. The minimum Gasteiger partial charge on any atom is -0.331 e. The first-order chi connectivity index (χ1) is 7.25. The minimum atomic E-state index is -0.171. The van der Waals surface area contributed by atoms with Crippen LogP contribution in [0.15, 0.2) is 4.52 Å². The van der Waals surface area contributed by atoms with E-state index in [9.17, 15) is 4.79 Å². The number of hydrogen-bond acceptors (Lipinski definition) is 5. The maximum Gasteiger partial charge on any atom is 0.293 e. The monoisotopic (exact) mass is 209 g/mol. The van der Waals surface area contributed by atoms with Crippen LogP contribution in [0.1, 0.15) is 36.3 Å². The fraction of sp³-hybridized carbons (Fsp3) is 0.700. The van der Waals surface area contributed by atoms with Crippen molar-refractivity contribution in [2.75, 3.05) is 13.1 Å². The maximum absolute atomic E-state index is 10.9. The number of piperidine rings is 1. The second-order valence-corrected chi connectivity index (χ2v) is 3.99. The standard InChI is InChI=1S/C10H15N3O2/c1-7(14)10-12-9(13-15-10)5-8-3-2-4-11-6-8/h8,11H,2-6H2,1H3. The molecule has 5 nitrogen and oxygen atoms in total. The minimum absolute atomic E-state index is 0.119. The molecule has 15 heavy (non-hydrogen) atoms. The van der Waals surface area contributed by atoms with Gasteiger partial charge in [0.25, 0.3) is 5.89 Å². The molecule has 0 aliphatic carbocycles. The van der Waals surface area contributed by atoms with E-state index in [-0.39, 0.29) is 11.7 Å². The molecule has 0 spiro atoms. The fourth-order valence-corrected chi connectivity index (χ4v) is 1.84. The zero-order valence-electron chi connectivity index (χ0n) is 8.82. The first-order valence-corrected chi connectivity index (χ1v) is 5.30. The summed E-state index contributed by atoms with van der Waals surface area (Å²) in [5.74, 6) is 1.16. The van der Waals surface area contributed by atoms with E-state index in [0.717, 1.165) is 19.5 Å². The highest BCUT2D eigenvalue weighted by Crippen LogP contribution is 2.14. The summed E-state index contributed by atoms with van der Waals surface area (Å²) in [6, 6.07) is 0. The van der Waals surface area contributed by atoms with Crippen LogP contribution in [0.2, 0.25) is 0 Å². The zero-order valence-corrected chi connectivity index (χ0v) is 8.82. The van der Waals surface area contributed by atoms with E-state index < -0.39 is 0 Å². The average Bonchev–Trinajstić information content (AvgIpc) is 2.68. The third-order valence-electron chi connectivity index (χ3n) is 2.64. The van der Waals surface area contributed by atoms with Gasteiger partial charge in [0, 0.05) is 13.3 Å². The van der Waals surface area contributed by atoms with Gasteiger partial charge >= 0.3 is 0 Å². The molecule has 0 saturated carbocycles.